The number of amidine groups is 1. The fourth-order valence-electron chi connectivity index (χ4n) is 2.62. The van der Waals surface area contributed by atoms with E-state index in [0.717, 1.165) is 25.3 Å². The lowest BCUT2D eigenvalue weighted by atomic mass is 10.2. The number of hydrogen-bond acceptors (Lipinski definition) is 4. The number of anilines is 1. The number of halogens is 1. The fourth-order valence-corrected chi connectivity index (χ4v) is 2.87. The molecule has 0 saturated carbocycles. The Hall–Kier alpha value is -1.26. The average molecular weight is 279 g/mol. The van der Waals surface area contributed by atoms with Crippen molar-refractivity contribution in [2.24, 2.45) is 5.10 Å². The number of hydrogen-bond donors (Lipinski definition) is 1. The molecule has 1 atom stereocenters. The van der Waals surface area contributed by atoms with Crippen molar-refractivity contribution in [3.63, 3.8) is 0 Å². The van der Waals surface area contributed by atoms with Gasteiger partial charge in [-0.25, -0.2) is 0 Å². The van der Waals surface area contributed by atoms with E-state index in [1.807, 2.05) is 23.1 Å². The standard InChI is InChI=1S/C14H19ClN4/c15-14-17-19(13-9-5-2-6-10-16-13)11-18(14)12-7-3-1-4-8-12/h1,3-4,7-8,13,16H,2,5-6,9-11H2. The Labute approximate surface area is 119 Å². The highest BCUT2D eigenvalue weighted by Gasteiger charge is 2.28. The monoisotopic (exact) mass is 278 g/mol. The molecule has 5 heteroatoms. The Balaban J connectivity index is 1.71. The van der Waals surface area contributed by atoms with E-state index in [1.165, 1.54) is 19.3 Å². The van der Waals surface area contributed by atoms with Crippen LogP contribution in [0.25, 0.3) is 0 Å². The van der Waals surface area contributed by atoms with Crippen LogP contribution in [0.4, 0.5) is 5.69 Å². The van der Waals surface area contributed by atoms with Crippen LogP contribution in [-0.4, -0.2) is 29.7 Å². The molecule has 1 aromatic rings. The number of para-hydroxylation sites is 1. The van der Waals surface area contributed by atoms with Crippen molar-refractivity contribution in [3.05, 3.63) is 30.3 Å². The van der Waals surface area contributed by atoms with Gasteiger partial charge in [0.1, 0.15) is 6.67 Å². The highest BCUT2D eigenvalue weighted by Crippen LogP contribution is 2.23. The maximum Gasteiger partial charge on any atom is 0.223 e. The molecule has 3 rings (SSSR count). The molecule has 2 heterocycles. The maximum atomic E-state index is 6.27. The van der Waals surface area contributed by atoms with E-state index in [2.05, 4.69) is 27.6 Å². The van der Waals surface area contributed by atoms with E-state index >= 15 is 0 Å². The molecule has 0 aliphatic carbocycles. The SMILES string of the molecule is ClC1=NN(C2CCCCCN2)CN1c1ccccc1. The lowest BCUT2D eigenvalue weighted by Gasteiger charge is -2.27. The molecule has 0 radical (unpaired) electrons. The van der Waals surface area contributed by atoms with Crippen LogP contribution in [0.15, 0.2) is 35.4 Å². The maximum absolute atomic E-state index is 6.27. The van der Waals surface area contributed by atoms with Gasteiger partial charge in [0.25, 0.3) is 0 Å². The number of benzene rings is 1. The van der Waals surface area contributed by atoms with E-state index in [4.69, 9.17) is 11.6 Å². The number of nitrogens with one attached hydrogen (secondary N) is 1. The predicted octanol–water partition coefficient (Wildman–Crippen LogP) is 2.77. The second kappa shape index (κ2) is 5.80. The first kappa shape index (κ1) is 12.8. The predicted molar refractivity (Wildman–Crippen MR) is 79.2 cm³/mol. The van der Waals surface area contributed by atoms with Gasteiger partial charge in [0.05, 0.1) is 6.17 Å². The van der Waals surface area contributed by atoms with Gasteiger partial charge in [-0.15, -0.1) is 5.10 Å². The van der Waals surface area contributed by atoms with Crippen LogP contribution in [0.5, 0.6) is 0 Å². The Morgan fingerprint density at radius 2 is 2.00 bits per heavy atom. The summed E-state index contributed by atoms with van der Waals surface area (Å²) in [7, 11) is 0. The van der Waals surface area contributed by atoms with E-state index in [-0.39, 0.29) is 0 Å². The highest BCUT2D eigenvalue weighted by atomic mass is 35.5. The summed E-state index contributed by atoms with van der Waals surface area (Å²) in [6.45, 7) is 1.79. The molecule has 19 heavy (non-hydrogen) atoms. The second-order valence-corrected chi connectivity index (χ2v) is 5.37. The quantitative estimate of drug-likeness (QED) is 0.844. The average Bonchev–Trinajstić information content (AvgIpc) is 2.67. The molecule has 1 N–H and O–H groups in total. The van der Waals surface area contributed by atoms with Crippen LogP contribution in [0.1, 0.15) is 25.7 Å². The van der Waals surface area contributed by atoms with Gasteiger partial charge in [0.15, 0.2) is 0 Å². The van der Waals surface area contributed by atoms with Crippen molar-refractivity contribution in [2.45, 2.75) is 31.8 Å². The van der Waals surface area contributed by atoms with Crippen molar-refractivity contribution >= 4 is 22.6 Å². The minimum Gasteiger partial charge on any atom is -0.296 e. The van der Waals surface area contributed by atoms with Crippen LogP contribution >= 0.6 is 11.6 Å². The van der Waals surface area contributed by atoms with Gasteiger partial charge in [-0.1, -0.05) is 24.6 Å². The summed E-state index contributed by atoms with van der Waals surface area (Å²) in [6.07, 6.45) is 5.26. The summed E-state index contributed by atoms with van der Waals surface area (Å²) in [5.74, 6) is 0. The van der Waals surface area contributed by atoms with Crippen molar-refractivity contribution in [1.29, 1.82) is 0 Å². The molecule has 1 unspecified atom stereocenters. The molecular formula is C14H19ClN4. The van der Waals surface area contributed by atoms with Gasteiger partial charge in [-0.3, -0.25) is 15.2 Å². The van der Waals surface area contributed by atoms with Crippen molar-refractivity contribution < 1.29 is 0 Å². The third kappa shape index (κ3) is 2.85. The molecule has 0 aromatic heterocycles. The third-order valence-corrected chi connectivity index (χ3v) is 3.96. The molecule has 2 aliphatic rings. The second-order valence-electron chi connectivity index (χ2n) is 5.03. The molecule has 4 nitrogen and oxygen atoms in total. The van der Waals surface area contributed by atoms with Gasteiger partial charge in [0, 0.05) is 5.69 Å². The molecule has 0 spiro atoms. The molecule has 0 bridgehead atoms. The Kier molecular flexibility index (Phi) is 3.89. The van der Waals surface area contributed by atoms with Crippen molar-refractivity contribution in [1.82, 2.24) is 10.3 Å². The van der Waals surface area contributed by atoms with Gasteiger partial charge in [0.2, 0.25) is 5.29 Å². The van der Waals surface area contributed by atoms with E-state index in [1.54, 1.807) is 0 Å². The van der Waals surface area contributed by atoms with Crippen LogP contribution in [0, 0.1) is 0 Å². The molecule has 0 amide bonds. The minimum atomic E-state index is 0.310. The Morgan fingerprint density at radius 3 is 2.84 bits per heavy atom. The van der Waals surface area contributed by atoms with Crippen molar-refractivity contribution in [3.8, 4) is 0 Å². The molecule has 2 aliphatic heterocycles. The van der Waals surface area contributed by atoms with Crippen molar-refractivity contribution in [2.75, 3.05) is 18.1 Å². The zero-order valence-electron chi connectivity index (χ0n) is 10.9. The van der Waals surface area contributed by atoms with Gasteiger partial charge >= 0.3 is 0 Å². The summed E-state index contributed by atoms with van der Waals surface area (Å²) in [5.41, 5.74) is 1.09. The zero-order chi connectivity index (χ0) is 13.1. The first-order valence-corrected chi connectivity index (χ1v) is 7.29. The van der Waals surface area contributed by atoms with Crippen LogP contribution < -0.4 is 10.2 Å². The topological polar surface area (TPSA) is 30.9 Å². The summed E-state index contributed by atoms with van der Waals surface area (Å²) < 4.78 is 0. The smallest absolute Gasteiger partial charge is 0.223 e. The van der Waals surface area contributed by atoms with E-state index < -0.39 is 0 Å². The summed E-state index contributed by atoms with van der Waals surface area (Å²) >= 11 is 6.27. The summed E-state index contributed by atoms with van der Waals surface area (Å²) in [4.78, 5) is 2.04. The number of rotatable bonds is 2. The molecular weight excluding hydrogens is 260 g/mol. The molecule has 1 saturated heterocycles. The minimum absolute atomic E-state index is 0.310. The third-order valence-electron chi connectivity index (χ3n) is 3.68. The van der Waals surface area contributed by atoms with Crippen LogP contribution in [-0.2, 0) is 0 Å². The largest absolute Gasteiger partial charge is 0.296 e. The Morgan fingerprint density at radius 1 is 1.16 bits per heavy atom. The van der Waals surface area contributed by atoms with E-state index in [0.29, 0.717) is 11.5 Å². The van der Waals surface area contributed by atoms with E-state index in [9.17, 15) is 0 Å². The number of hydrazone groups is 1. The first-order valence-electron chi connectivity index (χ1n) is 6.91. The molecule has 1 aromatic carbocycles. The lowest BCUT2D eigenvalue weighted by Crippen LogP contribution is -2.43. The zero-order valence-corrected chi connectivity index (χ0v) is 11.7. The molecule has 102 valence electrons. The normalized spacial score (nSPS) is 24.3. The van der Waals surface area contributed by atoms with Crippen LogP contribution in [0.2, 0.25) is 0 Å². The first-order chi connectivity index (χ1) is 9.34. The van der Waals surface area contributed by atoms with Gasteiger partial charge in [-0.05, 0) is 49.5 Å². The molecule has 1 fully saturated rings. The number of nitrogens with zero attached hydrogens (tertiary/aromatic N) is 3. The van der Waals surface area contributed by atoms with Gasteiger partial charge in [-0.2, -0.15) is 0 Å². The van der Waals surface area contributed by atoms with Gasteiger partial charge < -0.3 is 0 Å². The highest BCUT2D eigenvalue weighted by molar-refractivity contribution is 6.68. The Bertz CT molecular complexity index is 440. The van der Waals surface area contributed by atoms with Crippen LogP contribution in [0.3, 0.4) is 0 Å². The summed E-state index contributed by atoms with van der Waals surface area (Å²) in [5, 5.41) is 10.7. The lowest BCUT2D eigenvalue weighted by molar-refractivity contribution is 0.185. The summed E-state index contributed by atoms with van der Waals surface area (Å²) in [6, 6.07) is 10.2. The fraction of sp³-hybridized carbons (Fsp3) is 0.500.